The second-order valence-electron chi connectivity index (χ2n) is 10.4. The predicted molar refractivity (Wildman–Crippen MR) is 153 cm³/mol. The lowest BCUT2D eigenvalue weighted by Gasteiger charge is -2.44. The molecule has 0 amide bonds. The van der Waals surface area contributed by atoms with Gasteiger partial charge in [-0.3, -0.25) is 0 Å². The smallest absolute Gasteiger partial charge is 0.290 e. The van der Waals surface area contributed by atoms with Gasteiger partial charge in [0.25, 0.3) is 5.92 Å². The van der Waals surface area contributed by atoms with E-state index < -0.39 is 18.0 Å². The van der Waals surface area contributed by atoms with E-state index >= 15 is 8.78 Å². The molecule has 0 bridgehead atoms. The minimum atomic E-state index is -3.08. The summed E-state index contributed by atoms with van der Waals surface area (Å²) in [5.41, 5.74) is 1.04. The van der Waals surface area contributed by atoms with Gasteiger partial charge in [-0.1, -0.05) is 0 Å². The summed E-state index contributed by atoms with van der Waals surface area (Å²) in [5.74, 6) is -0.708. The fourth-order valence-corrected chi connectivity index (χ4v) is 4.93. The van der Waals surface area contributed by atoms with Crippen molar-refractivity contribution >= 4 is 35.9 Å². The fraction of sp³-hybridized carbons (Fsp3) is 0.286. The number of pyridine rings is 1. The number of halogens is 2. The number of rotatable bonds is 7. The number of likely N-dealkylation sites (tertiary alicyclic amines) is 1. The van der Waals surface area contributed by atoms with Crippen LogP contribution in [0.15, 0.2) is 61.3 Å². The number of hydrogen-bond donors (Lipinski definition) is 1. The zero-order chi connectivity index (χ0) is 28.8. The topological polar surface area (TPSA) is 98.9 Å². The lowest BCUT2D eigenvalue weighted by Crippen LogP contribution is -2.63. The molecule has 0 saturated carbocycles. The van der Waals surface area contributed by atoms with Gasteiger partial charge in [-0.15, -0.1) is 0 Å². The Balaban J connectivity index is 1.32. The fourth-order valence-electron chi connectivity index (χ4n) is 4.93. The highest BCUT2D eigenvalue weighted by Gasteiger charge is 2.55. The molecule has 2 aromatic carbocycles. The van der Waals surface area contributed by atoms with Crippen molar-refractivity contribution in [2.75, 3.05) is 32.6 Å². The minimum absolute atomic E-state index is 0.149. The van der Waals surface area contributed by atoms with E-state index in [-0.39, 0.29) is 12.2 Å². The van der Waals surface area contributed by atoms with Crippen LogP contribution >= 0.6 is 0 Å². The monoisotopic (exact) mass is 559 g/mol. The van der Waals surface area contributed by atoms with Gasteiger partial charge in [-0.2, -0.15) is 5.10 Å². The first-order chi connectivity index (χ1) is 19.6. The van der Waals surface area contributed by atoms with Crippen molar-refractivity contribution in [1.29, 1.82) is 0 Å². The second kappa shape index (κ2) is 10.1. The summed E-state index contributed by atoms with van der Waals surface area (Å²) in [5, 5.41) is 7.88. The number of ether oxygens (including phenoxy) is 3. The van der Waals surface area contributed by atoms with Crippen LogP contribution in [-0.4, -0.2) is 76.0 Å². The molecule has 210 valence electrons. The summed E-state index contributed by atoms with van der Waals surface area (Å²) in [6, 6.07) is 12.5. The van der Waals surface area contributed by atoms with Crippen molar-refractivity contribution in [1.82, 2.24) is 29.5 Å². The number of piperidine rings is 1. The van der Waals surface area contributed by atoms with Crippen molar-refractivity contribution in [3.63, 3.8) is 0 Å². The van der Waals surface area contributed by atoms with Crippen LogP contribution in [0.4, 0.5) is 20.3 Å². The highest BCUT2D eigenvalue weighted by atomic mass is 19.3. The van der Waals surface area contributed by atoms with Crippen molar-refractivity contribution in [2.45, 2.75) is 24.8 Å². The third-order valence-corrected chi connectivity index (χ3v) is 7.38. The van der Waals surface area contributed by atoms with Gasteiger partial charge >= 0.3 is 0 Å². The standard InChI is InChI=1S/C28H28BF2N7O3/c1-17-10-18(4-5-22(17)40-19-6-8-38-24(13-19)33-16-35-38)36-26-25-21(32-15-34-26)11-20(39-3)12-23(25)41-27(29)7-9-37(2)14-28(27,30)31/h4-6,8,10-13,15-16H,7,9,14,29H2,1-3H3,(H,32,34,36). The predicted octanol–water partition coefficient (Wildman–Crippen LogP) is 4.20. The normalized spacial score (nSPS) is 18.9. The summed E-state index contributed by atoms with van der Waals surface area (Å²) in [6.07, 6.45) is 4.81. The molecule has 6 rings (SSSR count). The first kappa shape index (κ1) is 26.7. The van der Waals surface area contributed by atoms with Crippen LogP contribution in [0.2, 0.25) is 0 Å². The third kappa shape index (κ3) is 5.08. The molecule has 1 atom stereocenters. The lowest BCUT2D eigenvalue weighted by molar-refractivity contribution is -0.158. The van der Waals surface area contributed by atoms with Gasteiger partial charge in [0.1, 0.15) is 47.0 Å². The lowest BCUT2D eigenvalue weighted by atomic mass is 9.71. The Morgan fingerprint density at radius 2 is 1.85 bits per heavy atom. The molecule has 10 nitrogen and oxygen atoms in total. The maximum Gasteiger partial charge on any atom is 0.290 e. The van der Waals surface area contributed by atoms with Gasteiger partial charge in [0.2, 0.25) is 0 Å². The van der Waals surface area contributed by atoms with Crippen molar-refractivity contribution < 1.29 is 23.0 Å². The molecule has 41 heavy (non-hydrogen) atoms. The molecule has 1 fully saturated rings. The van der Waals surface area contributed by atoms with Crippen LogP contribution in [-0.2, 0) is 0 Å². The van der Waals surface area contributed by atoms with Crippen LogP contribution in [0.3, 0.4) is 0 Å². The van der Waals surface area contributed by atoms with Gasteiger partial charge in [-0.05, 0) is 50.2 Å². The Labute approximate surface area is 235 Å². The minimum Gasteiger partial charge on any atom is -0.497 e. The van der Waals surface area contributed by atoms with Crippen LogP contribution in [0.5, 0.6) is 23.0 Å². The Bertz CT molecular complexity index is 1750. The highest BCUT2D eigenvalue weighted by molar-refractivity contribution is 6.16. The summed E-state index contributed by atoms with van der Waals surface area (Å²) in [4.78, 5) is 14.6. The molecular weight excluding hydrogens is 531 g/mol. The number of aryl methyl sites for hydroxylation is 1. The number of methoxy groups -OCH3 is 1. The maximum atomic E-state index is 15.3. The number of aromatic nitrogens is 5. The van der Waals surface area contributed by atoms with E-state index in [1.165, 1.54) is 27.6 Å². The van der Waals surface area contributed by atoms with E-state index in [2.05, 4.69) is 25.4 Å². The molecule has 1 unspecified atom stereocenters. The summed E-state index contributed by atoms with van der Waals surface area (Å²) in [6.45, 7) is 2.01. The van der Waals surface area contributed by atoms with Gasteiger partial charge in [0.15, 0.2) is 13.5 Å². The van der Waals surface area contributed by atoms with E-state index in [1.54, 1.807) is 40.9 Å². The quantitative estimate of drug-likeness (QED) is 0.294. The van der Waals surface area contributed by atoms with Gasteiger partial charge in [-0.25, -0.2) is 28.2 Å². The second-order valence-corrected chi connectivity index (χ2v) is 10.4. The Hall–Kier alpha value is -4.52. The Morgan fingerprint density at radius 1 is 1.00 bits per heavy atom. The zero-order valence-electron chi connectivity index (χ0n) is 23.1. The molecule has 13 heteroatoms. The molecule has 5 aromatic rings. The summed E-state index contributed by atoms with van der Waals surface area (Å²) < 4.78 is 49.8. The van der Waals surface area contributed by atoms with E-state index in [1.807, 2.05) is 31.2 Å². The van der Waals surface area contributed by atoms with Crippen LogP contribution in [0, 0.1) is 6.92 Å². The van der Waals surface area contributed by atoms with Crippen molar-refractivity contribution in [3.05, 3.63) is 66.9 Å². The molecule has 1 N–H and O–H groups in total. The summed E-state index contributed by atoms with van der Waals surface area (Å²) in [7, 11) is 4.64. The molecule has 0 aliphatic carbocycles. The number of anilines is 2. The Kier molecular flexibility index (Phi) is 6.61. The number of fused-ring (bicyclic) bond motifs is 2. The van der Waals surface area contributed by atoms with E-state index in [0.717, 1.165) is 11.3 Å². The van der Waals surface area contributed by atoms with E-state index in [9.17, 15) is 0 Å². The number of nitrogens with one attached hydrogen (secondary N) is 1. The molecule has 3 aromatic heterocycles. The molecule has 1 aliphatic heterocycles. The van der Waals surface area contributed by atoms with Crippen LogP contribution in [0.25, 0.3) is 16.6 Å². The number of alkyl halides is 2. The van der Waals surface area contributed by atoms with Crippen molar-refractivity contribution in [2.24, 2.45) is 0 Å². The molecule has 4 heterocycles. The first-order valence-electron chi connectivity index (χ1n) is 13.1. The average Bonchev–Trinajstić information content (AvgIpc) is 3.40. The number of nitrogens with zero attached hydrogens (tertiary/aromatic N) is 6. The van der Waals surface area contributed by atoms with Gasteiger partial charge in [0.05, 0.1) is 24.6 Å². The van der Waals surface area contributed by atoms with Gasteiger partial charge in [0, 0.05) is 36.6 Å². The van der Waals surface area contributed by atoms with Crippen LogP contribution < -0.4 is 19.5 Å². The van der Waals surface area contributed by atoms with Crippen LogP contribution in [0.1, 0.15) is 12.0 Å². The number of hydrogen-bond acceptors (Lipinski definition) is 9. The molecule has 1 saturated heterocycles. The molecule has 0 radical (unpaired) electrons. The largest absolute Gasteiger partial charge is 0.497 e. The van der Waals surface area contributed by atoms with Crippen molar-refractivity contribution in [3.8, 4) is 23.0 Å². The summed E-state index contributed by atoms with van der Waals surface area (Å²) >= 11 is 0. The molecular formula is C28H28BF2N7O3. The first-order valence-corrected chi connectivity index (χ1v) is 13.1. The zero-order valence-corrected chi connectivity index (χ0v) is 23.1. The average molecular weight is 559 g/mol. The molecule has 0 spiro atoms. The SMILES string of the molecule is BC1(Oc2cc(OC)cc3ncnc(Nc4ccc(Oc5ccn6ncnc6c5)c(C)c4)c23)CCN(C)CC1(F)F. The van der Waals surface area contributed by atoms with Gasteiger partial charge < -0.3 is 24.4 Å². The molecule has 1 aliphatic rings. The third-order valence-electron chi connectivity index (χ3n) is 7.38. The maximum absolute atomic E-state index is 15.3. The Morgan fingerprint density at radius 3 is 2.63 bits per heavy atom. The highest BCUT2D eigenvalue weighted by Crippen LogP contribution is 2.42. The van der Waals surface area contributed by atoms with E-state index in [0.29, 0.717) is 46.2 Å². The number of benzene rings is 2. The van der Waals surface area contributed by atoms with E-state index in [4.69, 9.17) is 14.2 Å².